The van der Waals surface area contributed by atoms with Crippen LogP contribution in [0.1, 0.15) is 28.4 Å². The Labute approximate surface area is 146 Å². The maximum atomic E-state index is 12.6. The second kappa shape index (κ2) is 6.54. The molecule has 122 valence electrons. The number of carbonyl (C=O) groups excluding carboxylic acids is 1. The van der Waals surface area contributed by atoms with Crippen molar-refractivity contribution >= 4 is 23.5 Å². The monoisotopic (exact) mass is 340 g/mol. The number of carbonyl (C=O) groups is 1. The Morgan fingerprint density at radius 3 is 2.79 bits per heavy atom. The van der Waals surface area contributed by atoms with Crippen LogP contribution in [0.15, 0.2) is 54.3 Å². The zero-order valence-corrected chi connectivity index (χ0v) is 14.3. The highest BCUT2D eigenvalue weighted by Gasteiger charge is 2.30. The van der Waals surface area contributed by atoms with Crippen LogP contribution < -0.4 is 9.47 Å². The summed E-state index contributed by atoms with van der Waals surface area (Å²) < 4.78 is 11.4. The number of aryl methyl sites for hydroxylation is 1. The van der Waals surface area contributed by atoms with Crippen molar-refractivity contribution in [3.63, 3.8) is 0 Å². The second-order valence-electron chi connectivity index (χ2n) is 5.82. The maximum Gasteiger partial charge on any atom is 0.232 e. The quantitative estimate of drug-likeness (QED) is 0.565. The Bertz CT molecular complexity index is 865. The number of rotatable bonds is 4. The first kappa shape index (κ1) is 16.3. The second-order valence-corrected chi connectivity index (χ2v) is 6.23. The first-order valence-corrected chi connectivity index (χ1v) is 7.94. The zero-order valence-electron chi connectivity index (χ0n) is 13.6. The van der Waals surface area contributed by atoms with Gasteiger partial charge in [0.25, 0.3) is 0 Å². The Morgan fingerprint density at radius 2 is 2.08 bits per heavy atom. The minimum absolute atomic E-state index is 0.145. The van der Waals surface area contributed by atoms with E-state index in [4.69, 9.17) is 21.1 Å². The summed E-state index contributed by atoms with van der Waals surface area (Å²) in [5, 5.41) is 0.569. The van der Waals surface area contributed by atoms with Crippen molar-refractivity contribution in [1.29, 1.82) is 0 Å². The van der Waals surface area contributed by atoms with E-state index in [1.807, 2.05) is 38.1 Å². The van der Waals surface area contributed by atoms with Crippen molar-refractivity contribution in [3.05, 3.63) is 76.0 Å². The van der Waals surface area contributed by atoms with E-state index < -0.39 is 0 Å². The van der Waals surface area contributed by atoms with Crippen molar-refractivity contribution in [2.75, 3.05) is 6.61 Å². The minimum atomic E-state index is -0.145. The minimum Gasteiger partial charge on any atom is -0.489 e. The fourth-order valence-corrected chi connectivity index (χ4v) is 2.69. The van der Waals surface area contributed by atoms with Crippen LogP contribution in [0, 0.1) is 6.92 Å². The number of ether oxygens (including phenoxy) is 2. The molecule has 0 saturated heterocycles. The van der Waals surface area contributed by atoms with E-state index in [-0.39, 0.29) is 11.5 Å². The zero-order chi connectivity index (χ0) is 17.3. The van der Waals surface area contributed by atoms with Gasteiger partial charge in [-0.25, -0.2) is 0 Å². The van der Waals surface area contributed by atoms with Crippen LogP contribution in [0.4, 0.5) is 0 Å². The van der Waals surface area contributed by atoms with Crippen molar-refractivity contribution in [3.8, 4) is 11.5 Å². The molecule has 0 saturated carbocycles. The number of benzene rings is 2. The van der Waals surface area contributed by atoms with Gasteiger partial charge in [0.1, 0.15) is 18.1 Å². The molecule has 1 aliphatic heterocycles. The van der Waals surface area contributed by atoms with E-state index in [0.29, 0.717) is 28.7 Å². The van der Waals surface area contributed by atoms with Crippen molar-refractivity contribution in [1.82, 2.24) is 0 Å². The van der Waals surface area contributed by atoms with Crippen molar-refractivity contribution < 1.29 is 14.3 Å². The summed E-state index contributed by atoms with van der Waals surface area (Å²) in [6.07, 6.45) is 1.67. The molecular weight excluding hydrogens is 324 g/mol. The number of Topliss-reactive ketones (excluding diaryl/α,β-unsaturated/α-hetero) is 1. The standard InChI is InChI=1S/C20H17ClO3/c1-12(2)11-23-15-8-13(3)19-17(10-15)24-18(20(19)22)9-14-6-4-5-7-16(14)21/h4-10H,1,11H2,2-3H3/b18-9-. The normalized spacial score (nSPS) is 14.5. The van der Waals surface area contributed by atoms with Crippen LogP contribution in [0.5, 0.6) is 11.5 Å². The summed E-state index contributed by atoms with van der Waals surface area (Å²) >= 11 is 6.15. The fraction of sp³-hybridized carbons (Fsp3) is 0.150. The van der Waals surface area contributed by atoms with Gasteiger partial charge in [-0.1, -0.05) is 36.4 Å². The summed E-state index contributed by atoms with van der Waals surface area (Å²) in [6, 6.07) is 10.9. The van der Waals surface area contributed by atoms with Gasteiger partial charge in [-0.2, -0.15) is 0 Å². The average molecular weight is 341 g/mol. The predicted octanol–water partition coefficient (Wildman–Crippen LogP) is 5.22. The van der Waals surface area contributed by atoms with Crippen LogP contribution in [0.2, 0.25) is 5.02 Å². The van der Waals surface area contributed by atoms with Gasteiger partial charge in [0.2, 0.25) is 5.78 Å². The molecule has 1 aliphatic rings. The van der Waals surface area contributed by atoms with E-state index >= 15 is 0 Å². The van der Waals surface area contributed by atoms with Crippen LogP contribution in [0.25, 0.3) is 6.08 Å². The van der Waals surface area contributed by atoms with Crippen molar-refractivity contribution in [2.45, 2.75) is 13.8 Å². The Morgan fingerprint density at radius 1 is 1.33 bits per heavy atom. The summed E-state index contributed by atoms with van der Waals surface area (Å²) in [7, 11) is 0. The van der Waals surface area contributed by atoms with Gasteiger partial charge in [0.15, 0.2) is 5.76 Å². The SMILES string of the molecule is C=C(C)COc1cc(C)c2c(c1)O/C(=C\c1ccccc1Cl)C2=O. The molecule has 3 rings (SSSR count). The van der Waals surface area contributed by atoms with E-state index in [9.17, 15) is 4.79 Å². The van der Waals surface area contributed by atoms with Crippen LogP contribution in [-0.2, 0) is 0 Å². The Kier molecular flexibility index (Phi) is 4.45. The van der Waals surface area contributed by atoms with E-state index in [2.05, 4.69) is 6.58 Å². The summed E-state index contributed by atoms with van der Waals surface area (Å²) in [6.45, 7) is 8.00. The summed E-state index contributed by atoms with van der Waals surface area (Å²) in [4.78, 5) is 12.6. The predicted molar refractivity (Wildman–Crippen MR) is 95.9 cm³/mol. The molecule has 4 heteroatoms. The third kappa shape index (κ3) is 3.22. The average Bonchev–Trinajstić information content (AvgIpc) is 2.84. The molecule has 0 bridgehead atoms. The number of hydrogen-bond donors (Lipinski definition) is 0. The number of ketones is 1. The molecule has 2 aromatic rings. The Hall–Kier alpha value is -2.52. The molecule has 0 amide bonds. The Balaban J connectivity index is 1.94. The molecule has 2 aromatic carbocycles. The van der Waals surface area contributed by atoms with Gasteiger partial charge in [0.05, 0.1) is 5.56 Å². The first-order valence-electron chi connectivity index (χ1n) is 7.56. The van der Waals surface area contributed by atoms with Crippen LogP contribution >= 0.6 is 11.6 Å². The lowest BCUT2D eigenvalue weighted by Gasteiger charge is -2.08. The molecule has 0 atom stereocenters. The molecule has 0 spiro atoms. The molecule has 0 N–H and O–H groups in total. The topological polar surface area (TPSA) is 35.5 Å². The van der Waals surface area contributed by atoms with Gasteiger partial charge in [-0.15, -0.1) is 0 Å². The van der Waals surface area contributed by atoms with Gasteiger partial charge in [0, 0.05) is 11.1 Å². The molecule has 0 aromatic heterocycles. The smallest absolute Gasteiger partial charge is 0.232 e. The molecule has 0 radical (unpaired) electrons. The van der Waals surface area contributed by atoms with Crippen LogP contribution in [0.3, 0.4) is 0 Å². The van der Waals surface area contributed by atoms with E-state index in [1.54, 1.807) is 18.2 Å². The lowest BCUT2D eigenvalue weighted by atomic mass is 10.0. The lowest BCUT2D eigenvalue weighted by Crippen LogP contribution is -2.00. The molecule has 0 fully saturated rings. The summed E-state index contributed by atoms with van der Waals surface area (Å²) in [5.41, 5.74) is 3.05. The van der Waals surface area contributed by atoms with Gasteiger partial charge >= 0.3 is 0 Å². The highest BCUT2D eigenvalue weighted by Crippen LogP contribution is 2.38. The number of hydrogen-bond acceptors (Lipinski definition) is 3. The van der Waals surface area contributed by atoms with E-state index in [1.165, 1.54) is 0 Å². The fourth-order valence-electron chi connectivity index (χ4n) is 2.50. The molecule has 0 unspecified atom stereocenters. The highest BCUT2D eigenvalue weighted by molar-refractivity contribution is 6.32. The van der Waals surface area contributed by atoms with Gasteiger partial charge in [-0.05, 0) is 48.8 Å². The number of allylic oxidation sites excluding steroid dienone is 1. The third-order valence-corrected chi connectivity index (χ3v) is 3.96. The van der Waals surface area contributed by atoms with Crippen LogP contribution in [-0.4, -0.2) is 12.4 Å². The number of halogens is 1. The highest BCUT2D eigenvalue weighted by atomic mass is 35.5. The largest absolute Gasteiger partial charge is 0.489 e. The van der Waals surface area contributed by atoms with Crippen molar-refractivity contribution in [2.24, 2.45) is 0 Å². The lowest BCUT2D eigenvalue weighted by molar-refractivity contribution is 0.101. The van der Waals surface area contributed by atoms with E-state index in [0.717, 1.165) is 16.7 Å². The summed E-state index contributed by atoms with van der Waals surface area (Å²) in [5.74, 6) is 1.28. The number of fused-ring (bicyclic) bond motifs is 1. The first-order chi connectivity index (χ1) is 11.5. The molecule has 1 heterocycles. The molecule has 24 heavy (non-hydrogen) atoms. The van der Waals surface area contributed by atoms with Gasteiger partial charge < -0.3 is 9.47 Å². The molecular formula is C20H17ClO3. The van der Waals surface area contributed by atoms with Gasteiger partial charge in [-0.3, -0.25) is 4.79 Å². The molecule has 3 nitrogen and oxygen atoms in total. The molecule has 0 aliphatic carbocycles. The third-order valence-electron chi connectivity index (χ3n) is 3.62. The maximum absolute atomic E-state index is 12.6.